The van der Waals surface area contributed by atoms with Gasteiger partial charge in [0.25, 0.3) is 0 Å². The quantitative estimate of drug-likeness (QED) is 0.135. The van der Waals surface area contributed by atoms with Crippen molar-refractivity contribution in [3.8, 4) is 22.3 Å². The molecular weight excluding hydrogens is 983 g/mol. The smallest absolute Gasteiger partial charge is 0.159 e. The van der Waals surface area contributed by atoms with Crippen LogP contribution in [0, 0.1) is 0 Å². The molecule has 4 aliphatic rings. The summed E-state index contributed by atoms with van der Waals surface area (Å²) in [5.41, 5.74) is 22.8. The molecule has 12 aromatic rings. The van der Waals surface area contributed by atoms with Crippen LogP contribution in [0.25, 0.3) is 65.9 Å². The first-order valence-corrected chi connectivity index (χ1v) is 30.0. The summed E-state index contributed by atoms with van der Waals surface area (Å²) in [6.07, 6.45) is 14.7. The van der Waals surface area contributed by atoms with Gasteiger partial charge in [0.05, 0.1) is 27.7 Å². The third-order valence-corrected chi connectivity index (χ3v) is 19.2. The van der Waals surface area contributed by atoms with E-state index >= 15 is 0 Å². The van der Waals surface area contributed by atoms with E-state index < -0.39 is 5.41 Å². The van der Waals surface area contributed by atoms with E-state index in [4.69, 9.17) is 9.40 Å². The van der Waals surface area contributed by atoms with Gasteiger partial charge in [-0.05, 0) is 166 Å². The molecule has 0 N–H and O–H groups in total. The summed E-state index contributed by atoms with van der Waals surface area (Å²) in [7, 11) is 0. The predicted octanol–water partition coefficient (Wildman–Crippen LogP) is 21.8. The Kier molecular flexibility index (Phi) is 11.4. The number of aromatic nitrogens is 1. The molecule has 0 radical (unpaired) electrons. The molecule has 1 spiro atoms. The number of furan rings is 1. The van der Waals surface area contributed by atoms with Gasteiger partial charge in [-0.3, -0.25) is 4.98 Å². The van der Waals surface area contributed by atoms with E-state index in [0.717, 1.165) is 77.9 Å². The van der Waals surface area contributed by atoms with Crippen molar-refractivity contribution >= 4 is 77.7 Å². The molecule has 4 aliphatic carbocycles. The number of para-hydroxylation sites is 2. The van der Waals surface area contributed by atoms with Gasteiger partial charge in [0.2, 0.25) is 0 Å². The normalized spacial score (nSPS) is 15.6. The Morgan fingerprint density at radius 1 is 0.432 bits per heavy atom. The minimum absolute atomic E-state index is 0.353. The largest absolute Gasteiger partial charge is 0.453 e. The molecule has 0 atom stereocenters. The fraction of sp³-hybridized carbons (Fsp3) is 0.208. The Balaban J connectivity index is 1.08. The summed E-state index contributed by atoms with van der Waals surface area (Å²) < 4.78 is 8.16. The third-order valence-electron chi connectivity index (χ3n) is 19.2. The SMILES string of the molecule is CC(C)c1cccc(N(c2cccc(C3CCCCC3)c2)c2cccc3c2oc2c4c(cc(N(c5ccccc5)c5cccc(C6CCCCC6)c5)c23)C2(c3ccccc3-c3ccccc32)c2c-4c3cccnc3c3ccccc23)c1. The van der Waals surface area contributed by atoms with E-state index in [2.05, 4.69) is 236 Å². The van der Waals surface area contributed by atoms with Crippen LogP contribution in [0.5, 0.6) is 0 Å². The number of hydrogen-bond donors (Lipinski definition) is 0. The lowest BCUT2D eigenvalue weighted by molar-refractivity contribution is 0.443. The number of benzene rings is 10. The van der Waals surface area contributed by atoms with Crippen molar-refractivity contribution < 1.29 is 4.42 Å². The Morgan fingerprint density at radius 2 is 0.975 bits per heavy atom. The second-order valence-corrected chi connectivity index (χ2v) is 23.9. The summed E-state index contributed by atoms with van der Waals surface area (Å²) in [6.45, 7) is 4.60. The number of anilines is 6. The van der Waals surface area contributed by atoms with Crippen LogP contribution in [-0.4, -0.2) is 4.98 Å². The van der Waals surface area contributed by atoms with E-state index in [-0.39, 0.29) is 0 Å². The Morgan fingerprint density at radius 3 is 1.64 bits per heavy atom. The first kappa shape index (κ1) is 48.2. The maximum absolute atomic E-state index is 8.16. The van der Waals surface area contributed by atoms with Gasteiger partial charge in [0.1, 0.15) is 5.58 Å². The van der Waals surface area contributed by atoms with Gasteiger partial charge in [-0.2, -0.15) is 0 Å². The lowest BCUT2D eigenvalue weighted by atomic mass is 9.69. The van der Waals surface area contributed by atoms with Crippen LogP contribution in [0.3, 0.4) is 0 Å². The zero-order valence-corrected chi connectivity index (χ0v) is 46.3. The Bertz CT molecular complexity index is 4390. The van der Waals surface area contributed by atoms with Crippen LogP contribution in [0.4, 0.5) is 34.1 Å². The Labute approximate surface area is 475 Å². The monoisotopic (exact) mass is 1050 g/mol. The van der Waals surface area contributed by atoms with Crippen molar-refractivity contribution in [2.45, 2.75) is 101 Å². The molecule has 81 heavy (non-hydrogen) atoms. The molecule has 2 heterocycles. The molecular formula is C77H65N3O. The summed E-state index contributed by atoms with van der Waals surface area (Å²) >= 11 is 0. The van der Waals surface area contributed by atoms with Gasteiger partial charge in [-0.15, -0.1) is 0 Å². The molecule has 2 fully saturated rings. The van der Waals surface area contributed by atoms with E-state index in [9.17, 15) is 0 Å². The summed E-state index contributed by atoms with van der Waals surface area (Å²) in [6, 6.07) is 80.7. The lowest BCUT2D eigenvalue weighted by Gasteiger charge is -2.33. The minimum atomic E-state index is -0.721. The highest BCUT2D eigenvalue weighted by Gasteiger charge is 2.55. The topological polar surface area (TPSA) is 32.5 Å². The van der Waals surface area contributed by atoms with Gasteiger partial charge in [0, 0.05) is 56.2 Å². The zero-order valence-electron chi connectivity index (χ0n) is 46.3. The van der Waals surface area contributed by atoms with Crippen molar-refractivity contribution in [1.29, 1.82) is 0 Å². The predicted molar refractivity (Wildman–Crippen MR) is 338 cm³/mol. The zero-order chi connectivity index (χ0) is 53.8. The first-order valence-electron chi connectivity index (χ1n) is 30.0. The van der Waals surface area contributed by atoms with Crippen molar-refractivity contribution in [2.75, 3.05) is 9.80 Å². The highest BCUT2D eigenvalue weighted by Crippen LogP contribution is 2.68. The van der Waals surface area contributed by atoms with Gasteiger partial charge in [-0.25, -0.2) is 0 Å². The first-order chi connectivity index (χ1) is 40.0. The van der Waals surface area contributed by atoms with Crippen molar-refractivity contribution in [3.05, 3.63) is 257 Å². The molecule has 4 heteroatoms. The molecule has 0 aliphatic heterocycles. The number of pyridine rings is 1. The van der Waals surface area contributed by atoms with Crippen molar-refractivity contribution in [3.63, 3.8) is 0 Å². The molecule has 10 aromatic carbocycles. The molecule has 0 unspecified atom stereocenters. The van der Waals surface area contributed by atoms with Crippen LogP contribution in [-0.2, 0) is 5.41 Å². The molecule has 2 saturated carbocycles. The Hall–Kier alpha value is -8.73. The number of nitrogens with zero attached hydrogens (tertiary/aromatic N) is 3. The minimum Gasteiger partial charge on any atom is -0.453 e. The van der Waals surface area contributed by atoms with Gasteiger partial charge in [-0.1, -0.05) is 198 Å². The fourth-order valence-corrected chi connectivity index (χ4v) is 15.6. The summed E-state index contributed by atoms with van der Waals surface area (Å²) in [5, 5.41) is 5.67. The summed E-state index contributed by atoms with van der Waals surface area (Å²) in [5.74, 6) is 1.44. The molecule has 0 bridgehead atoms. The van der Waals surface area contributed by atoms with Gasteiger partial charge >= 0.3 is 0 Å². The van der Waals surface area contributed by atoms with E-state index in [1.54, 1.807) is 0 Å². The van der Waals surface area contributed by atoms with Crippen LogP contribution in [0.1, 0.15) is 135 Å². The molecule has 4 nitrogen and oxygen atoms in total. The number of fused-ring (bicyclic) bond motifs is 19. The average Bonchev–Trinajstić information content (AvgIpc) is 1.98. The number of rotatable bonds is 9. The second-order valence-electron chi connectivity index (χ2n) is 23.9. The molecule has 0 saturated heterocycles. The molecule has 16 rings (SSSR count). The van der Waals surface area contributed by atoms with Crippen LogP contribution in [0.15, 0.2) is 223 Å². The van der Waals surface area contributed by atoms with E-state index in [1.807, 2.05) is 6.20 Å². The fourth-order valence-electron chi connectivity index (χ4n) is 15.6. The molecule has 0 amide bonds. The van der Waals surface area contributed by atoms with Gasteiger partial charge < -0.3 is 14.2 Å². The van der Waals surface area contributed by atoms with Crippen LogP contribution < -0.4 is 9.80 Å². The standard InChI is InChI=1S/C77H65N3O/c1-49(2)52-27-18-32-56(45-52)80(58-34-20-29-54(47-58)51-25-8-4-9-26-51)68-43-21-39-64-70-69(79(55-30-10-5-11-31-55)57-33-19-28-53(46-57)50-23-6-3-7-24-50)48-67-72(76(70)81-75(64)68)71-63-40-22-44-78-74(63)62-38-13-12-37-61(62)73(71)77(67)65-41-16-14-35-59(65)60-36-15-17-42-66(60)77/h5,10-22,27-51H,3-4,6-9,23-26H2,1-2H3. The maximum Gasteiger partial charge on any atom is 0.159 e. The summed E-state index contributed by atoms with van der Waals surface area (Å²) in [4.78, 5) is 10.3. The second kappa shape index (κ2) is 19.2. The average molecular weight is 1050 g/mol. The number of hydrogen-bond acceptors (Lipinski definition) is 4. The third kappa shape index (κ3) is 7.38. The molecule has 2 aromatic heterocycles. The van der Waals surface area contributed by atoms with Crippen molar-refractivity contribution in [1.82, 2.24) is 4.98 Å². The van der Waals surface area contributed by atoms with Crippen LogP contribution in [0.2, 0.25) is 0 Å². The highest BCUT2D eigenvalue weighted by molar-refractivity contribution is 6.26. The maximum atomic E-state index is 8.16. The molecule has 394 valence electrons. The van der Waals surface area contributed by atoms with Crippen LogP contribution >= 0.6 is 0 Å². The van der Waals surface area contributed by atoms with E-state index in [1.165, 1.54) is 125 Å². The lowest BCUT2D eigenvalue weighted by Crippen LogP contribution is -2.26. The van der Waals surface area contributed by atoms with E-state index in [0.29, 0.717) is 17.8 Å². The highest BCUT2D eigenvalue weighted by atomic mass is 16.3. The van der Waals surface area contributed by atoms with Gasteiger partial charge in [0.15, 0.2) is 5.58 Å². The van der Waals surface area contributed by atoms with Crippen molar-refractivity contribution in [2.24, 2.45) is 0 Å².